The molecule has 1 aliphatic heterocycles. The Kier molecular flexibility index (Phi) is 3.65. The van der Waals surface area contributed by atoms with Gasteiger partial charge in [-0.2, -0.15) is 0 Å². The van der Waals surface area contributed by atoms with Crippen LogP contribution < -0.4 is 0 Å². The van der Waals surface area contributed by atoms with Gasteiger partial charge in [-0.05, 0) is 5.56 Å². The van der Waals surface area contributed by atoms with E-state index in [0.717, 1.165) is 19.5 Å². The molecule has 21 heavy (non-hydrogen) atoms. The predicted molar refractivity (Wildman–Crippen MR) is 84.9 cm³/mol. The van der Waals surface area contributed by atoms with Gasteiger partial charge in [0.2, 0.25) is 5.91 Å². The van der Waals surface area contributed by atoms with E-state index in [4.69, 9.17) is 0 Å². The summed E-state index contributed by atoms with van der Waals surface area (Å²) in [4.78, 5) is 13.6. The molecule has 0 radical (unpaired) electrons. The van der Waals surface area contributed by atoms with Crippen LogP contribution in [0.25, 0.3) is 11.1 Å². The Hall–Kier alpha value is -2.29. The van der Waals surface area contributed by atoms with Crippen LogP contribution in [0.3, 0.4) is 0 Å². The highest BCUT2D eigenvalue weighted by Gasteiger charge is 2.24. The minimum Gasteiger partial charge on any atom is -0.347 e. The Morgan fingerprint density at radius 3 is 2.76 bits per heavy atom. The van der Waals surface area contributed by atoms with Gasteiger partial charge in [0, 0.05) is 56.0 Å². The summed E-state index contributed by atoms with van der Waals surface area (Å²) in [5.41, 5.74) is 5.07. The predicted octanol–water partition coefficient (Wildman–Crippen LogP) is 3.25. The van der Waals surface area contributed by atoms with Crippen molar-refractivity contribution in [2.45, 2.75) is 26.4 Å². The molecule has 0 saturated carbocycles. The molecule has 0 unspecified atom stereocenters. The number of carbonyl (C=O) groups excluding carboxylic acids is 1. The second-order valence-electron chi connectivity index (χ2n) is 5.47. The van der Waals surface area contributed by atoms with Gasteiger partial charge >= 0.3 is 0 Å². The number of hydrogen-bond donors (Lipinski definition) is 0. The first-order valence-electron chi connectivity index (χ1n) is 7.33. The smallest absolute Gasteiger partial charge is 0.219 e. The summed E-state index contributed by atoms with van der Waals surface area (Å²) in [6.07, 6.45) is 5.04. The molecule has 3 heteroatoms. The van der Waals surface area contributed by atoms with Crippen LogP contribution in [-0.2, 0) is 24.3 Å². The van der Waals surface area contributed by atoms with Crippen molar-refractivity contribution in [1.29, 1.82) is 0 Å². The maximum Gasteiger partial charge on any atom is 0.219 e. The summed E-state index contributed by atoms with van der Waals surface area (Å²) < 4.78 is 2.27. The van der Waals surface area contributed by atoms with Crippen molar-refractivity contribution in [3.05, 3.63) is 60.4 Å². The average molecular weight is 280 g/mol. The maximum atomic E-state index is 11.7. The summed E-state index contributed by atoms with van der Waals surface area (Å²) in [5.74, 6) is 0.149. The Balaban J connectivity index is 2.08. The number of amides is 1. The van der Waals surface area contributed by atoms with E-state index in [1.807, 2.05) is 17.0 Å². The van der Waals surface area contributed by atoms with Crippen LogP contribution in [0.5, 0.6) is 0 Å². The maximum absolute atomic E-state index is 11.7. The Morgan fingerprint density at radius 2 is 2.10 bits per heavy atom. The third-order valence-corrected chi connectivity index (χ3v) is 4.13. The van der Waals surface area contributed by atoms with Crippen LogP contribution in [0, 0.1) is 0 Å². The fraction of sp³-hybridized carbons (Fsp3) is 0.278. The van der Waals surface area contributed by atoms with Crippen LogP contribution in [0.15, 0.2) is 49.2 Å². The standard InChI is InChI=1S/C18H20N2O/c1-3-10-20-12-16(15-7-5-4-6-8-15)17-13-19(14(2)21)11-9-18(17)20/h3-8,12H,1,9-11,13H2,2H3. The number of benzene rings is 1. The molecule has 2 heterocycles. The molecule has 2 aromatic rings. The van der Waals surface area contributed by atoms with Crippen LogP contribution in [-0.4, -0.2) is 21.9 Å². The minimum atomic E-state index is 0.149. The lowest BCUT2D eigenvalue weighted by molar-refractivity contribution is -0.129. The van der Waals surface area contributed by atoms with Gasteiger partial charge < -0.3 is 9.47 Å². The third-order valence-electron chi connectivity index (χ3n) is 4.13. The van der Waals surface area contributed by atoms with E-state index in [-0.39, 0.29) is 5.91 Å². The van der Waals surface area contributed by atoms with Crippen molar-refractivity contribution in [2.75, 3.05) is 6.54 Å². The molecule has 1 aromatic heterocycles. The van der Waals surface area contributed by atoms with Gasteiger partial charge in [0.05, 0.1) is 0 Å². The summed E-state index contributed by atoms with van der Waals surface area (Å²) in [5, 5.41) is 0. The Morgan fingerprint density at radius 1 is 1.33 bits per heavy atom. The molecule has 0 fully saturated rings. The van der Waals surface area contributed by atoms with E-state index < -0.39 is 0 Å². The molecule has 0 bridgehead atoms. The first kappa shape index (κ1) is 13.7. The SMILES string of the molecule is C=CCn1cc(-c2ccccc2)c2c1CCN(C(C)=O)C2. The zero-order valence-electron chi connectivity index (χ0n) is 12.4. The molecule has 1 amide bonds. The first-order chi connectivity index (χ1) is 10.2. The van der Waals surface area contributed by atoms with Gasteiger partial charge in [-0.25, -0.2) is 0 Å². The normalized spacial score (nSPS) is 13.9. The molecule has 0 spiro atoms. The molecule has 0 aliphatic carbocycles. The molecular weight excluding hydrogens is 260 g/mol. The molecule has 0 N–H and O–H groups in total. The summed E-state index contributed by atoms with van der Waals surface area (Å²) in [6, 6.07) is 10.4. The lowest BCUT2D eigenvalue weighted by atomic mass is 9.99. The van der Waals surface area contributed by atoms with Gasteiger partial charge in [0.1, 0.15) is 0 Å². The second-order valence-corrected chi connectivity index (χ2v) is 5.47. The van der Waals surface area contributed by atoms with E-state index >= 15 is 0 Å². The summed E-state index contributed by atoms with van der Waals surface area (Å²) >= 11 is 0. The van der Waals surface area contributed by atoms with Crippen LogP contribution >= 0.6 is 0 Å². The van der Waals surface area contributed by atoms with E-state index in [2.05, 4.69) is 41.6 Å². The fourth-order valence-corrected chi connectivity index (χ4v) is 3.06. The molecule has 1 aromatic carbocycles. The molecule has 3 rings (SSSR count). The zero-order valence-corrected chi connectivity index (χ0v) is 12.4. The number of carbonyl (C=O) groups is 1. The van der Waals surface area contributed by atoms with Crippen molar-refractivity contribution in [2.24, 2.45) is 0 Å². The topological polar surface area (TPSA) is 25.2 Å². The third kappa shape index (κ3) is 2.51. The van der Waals surface area contributed by atoms with E-state index in [0.29, 0.717) is 6.54 Å². The number of nitrogens with zero attached hydrogens (tertiary/aromatic N) is 2. The molecule has 0 atom stereocenters. The molecule has 0 saturated heterocycles. The summed E-state index contributed by atoms with van der Waals surface area (Å²) in [6.45, 7) is 7.82. The molecular formula is C18H20N2O. The average Bonchev–Trinajstić information content (AvgIpc) is 2.87. The first-order valence-corrected chi connectivity index (χ1v) is 7.33. The lowest BCUT2D eigenvalue weighted by Crippen LogP contribution is -2.34. The molecule has 3 nitrogen and oxygen atoms in total. The van der Waals surface area contributed by atoms with Gasteiger partial charge in [-0.3, -0.25) is 4.79 Å². The quantitative estimate of drug-likeness (QED) is 0.792. The van der Waals surface area contributed by atoms with Crippen molar-refractivity contribution in [3.8, 4) is 11.1 Å². The Bertz CT molecular complexity index is 670. The Labute approximate surface area is 125 Å². The van der Waals surface area contributed by atoms with E-state index in [9.17, 15) is 4.79 Å². The molecule has 108 valence electrons. The van der Waals surface area contributed by atoms with Crippen molar-refractivity contribution in [1.82, 2.24) is 9.47 Å². The van der Waals surface area contributed by atoms with Crippen molar-refractivity contribution < 1.29 is 4.79 Å². The number of allylic oxidation sites excluding steroid dienone is 1. The highest BCUT2D eigenvalue weighted by molar-refractivity contribution is 5.75. The van der Waals surface area contributed by atoms with Crippen LogP contribution in [0.1, 0.15) is 18.2 Å². The minimum absolute atomic E-state index is 0.149. The van der Waals surface area contributed by atoms with Crippen molar-refractivity contribution >= 4 is 5.91 Å². The van der Waals surface area contributed by atoms with Gasteiger partial charge in [0.15, 0.2) is 0 Å². The lowest BCUT2D eigenvalue weighted by Gasteiger charge is -2.27. The fourth-order valence-electron chi connectivity index (χ4n) is 3.06. The molecule has 1 aliphatic rings. The van der Waals surface area contributed by atoms with E-state index in [1.165, 1.54) is 22.4 Å². The van der Waals surface area contributed by atoms with Gasteiger partial charge in [0.25, 0.3) is 0 Å². The van der Waals surface area contributed by atoms with Crippen molar-refractivity contribution in [3.63, 3.8) is 0 Å². The second kappa shape index (κ2) is 5.60. The zero-order chi connectivity index (χ0) is 14.8. The summed E-state index contributed by atoms with van der Waals surface area (Å²) in [7, 11) is 0. The largest absolute Gasteiger partial charge is 0.347 e. The van der Waals surface area contributed by atoms with Gasteiger partial charge in [-0.15, -0.1) is 6.58 Å². The highest BCUT2D eigenvalue weighted by Crippen LogP contribution is 2.32. The van der Waals surface area contributed by atoms with E-state index in [1.54, 1.807) is 6.92 Å². The number of rotatable bonds is 3. The number of hydrogen-bond acceptors (Lipinski definition) is 1. The van der Waals surface area contributed by atoms with Crippen LogP contribution in [0.2, 0.25) is 0 Å². The number of fused-ring (bicyclic) bond motifs is 1. The highest BCUT2D eigenvalue weighted by atomic mass is 16.2. The number of aromatic nitrogens is 1. The van der Waals surface area contributed by atoms with Crippen LogP contribution in [0.4, 0.5) is 0 Å². The monoisotopic (exact) mass is 280 g/mol. The van der Waals surface area contributed by atoms with Gasteiger partial charge in [-0.1, -0.05) is 36.4 Å².